The maximum atomic E-state index is 4.07. The van der Waals surface area contributed by atoms with Crippen LogP contribution in [0.1, 0.15) is 27.2 Å². The van der Waals surface area contributed by atoms with Crippen molar-refractivity contribution < 1.29 is 0 Å². The van der Waals surface area contributed by atoms with Gasteiger partial charge in [0.15, 0.2) is 0 Å². The Morgan fingerprint density at radius 3 is 3.00 bits per heavy atom. The Kier molecular flexibility index (Phi) is 1.56. The third-order valence-corrected chi connectivity index (χ3v) is 2.84. The number of rotatable bonds is 0. The van der Waals surface area contributed by atoms with Gasteiger partial charge in [0.05, 0.1) is 11.5 Å². The van der Waals surface area contributed by atoms with Gasteiger partial charge in [0, 0.05) is 5.22 Å². The predicted octanol–water partition coefficient (Wildman–Crippen LogP) is 0.791. The first-order valence-electron chi connectivity index (χ1n) is 4.40. The quantitative estimate of drug-likeness (QED) is 0.600. The van der Waals surface area contributed by atoms with Gasteiger partial charge in [-0.25, -0.2) is 0 Å². The fourth-order valence-corrected chi connectivity index (χ4v) is 1.89. The molecule has 1 atom stereocenters. The van der Waals surface area contributed by atoms with Crippen LogP contribution in [0.2, 0.25) is 0 Å². The van der Waals surface area contributed by atoms with Gasteiger partial charge in [-0.1, -0.05) is 12.5 Å². The van der Waals surface area contributed by atoms with Crippen LogP contribution in [0.5, 0.6) is 0 Å². The lowest BCUT2D eigenvalue weighted by Crippen LogP contribution is -2.32. The second-order valence-corrected chi connectivity index (χ2v) is 3.73. The fourth-order valence-electron chi connectivity index (χ4n) is 1.89. The fraction of sp³-hybridized carbons (Fsp3) is 0.500. The molecule has 2 nitrogen and oxygen atoms in total. The first-order chi connectivity index (χ1) is 5.70. The average molecular weight is 162 g/mol. The summed E-state index contributed by atoms with van der Waals surface area (Å²) in [6, 6.07) is 0. The van der Waals surface area contributed by atoms with Crippen molar-refractivity contribution in [3.8, 4) is 0 Å². The number of H-pyrrole nitrogens is 1. The summed E-state index contributed by atoms with van der Waals surface area (Å²) in [5.41, 5.74) is 2.89. The van der Waals surface area contributed by atoms with Gasteiger partial charge in [0.25, 0.3) is 0 Å². The van der Waals surface area contributed by atoms with Crippen LogP contribution in [0.15, 0.2) is 6.20 Å². The number of aromatic amines is 1. The Hall–Kier alpha value is -1.05. The molecule has 1 unspecified atom stereocenters. The molecule has 0 saturated carbocycles. The average Bonchev–Trinajstić information content (AvgIpc) is 2.48. The number of aromatic nitrogens is 2. The lowest BCUT2D eigenvalue weighted by atomic mass is 9.90. The molecule has 0 radical (unpaired) electrons. The molecule has 0 aromatic carbocycles. The Morgan fingerprint density at radius 2 is 2.25 bits per heavy atom. The van der Waals surface area contributed by atoms with Crippen LogP contribution in [0.3, 0.4) is 0 Å². The maximum absolute atomic E-state index is 4.07. The second kappa shape index (κ2) is 2.47. The zero-order valence-electron chi connectivity index (χ0n) is 7.81. The zero-order chi connectivity index (χ0) is 8.72. The van der Waals surface area contributed by atoms with Gasteiger partial charge in [-0.05, 0) is 31.8 Å². The van der Waals surface area contributed by atoms with Crippen LogP contribution in [-0.4, -0.2) is 10.2 Å². The number of nitrogens with one attached hydrogen (secondary N) is 1. The van der Waals surface area contributed by atoms with Gasteiger partial charge < -0.3 is 0 Å². The number of nitrogens with zero attached hydrogens (tertiary/aromatic N) is 1. The highest BCUT2D eigenvalue weighted by Crippen LogP contribution is 2.20. The maximum Gasteiger partial charge on any atom is 0.0639 e. The standard InChI is InChI=1S/C10H14N2/c1-6-4-7(2)10-9(8(6)3)5-11-12-10/h5-6,12H,4H2,1-3H3. The van der Waals surface area contributed by atoms with Gasteiger partial charge in [0.1, 0.15) is 0 Å². The molecule has 0 bridgehead atoms. The molecule has 0 fully saturated rings. The van der Waals surface area contributed by atoms with Crippen molar-refractivity contribution in [2.45, 2.75) is 27.2 Å². The summed E-state index contributed by atoms with van der Waals surface area (Å²) >= 11 is 0. The van der Waals surface area contributed by atoms with E-state index in [0.717, 1.165) is 0 Å². The van der Waals surface area contributed by atoms with Gasteiger partial charge >= 0.3 is 0 Å². The number of fused-ring (bicyclic) bond motifs is 1. The predicted molar refractivity (Wildman–Crippen MR) is 49.8 cm³/mol. The number of hydrogen-bond donors (Lipinski definition) is 1. The highest BCUT2D eigenvalue weighted by atomic mass is 15.1. The summed E-state index contributed by atoms with van der Waals surface area (Å²) in [5.74, 6) is 0.676. The molecule has 2 heteroatoms. The molecule has 0 spiro atoms. The molecule has 1 aliphatic rings. The molecule has 12 heavy (non-hydrogen) atoms. The van der Waals surface area contributed by atoms with E-state index in [4.69, 9.17) is 0 Å². The highest BCUT2D eigenvalue weighted by Gasteiger charge is 2.13. The minimum Gasteiger partial charge on any atom is -0.278 e. The summed E-state index contributed by atoms with van der Waals surface area (Å²) in [6.07, 6.45) is 3.10. The van der Waals surface area contributed by atoms with Crippen LogP contribution >= 0.6 is 0 Å². The Morgan fingerprint density at radius 1 is 1.50 bits per heavy atom. The van der Waals surface area contributed by atoms with E-state index in [9.17, 15) is 0 Å². The molecule has 0 amide bonds. The molecule has 0 saturated heterocycles. The third-order valence-electron chi connectivity index (χ3n) is 2.84. The molecule has 1 aliphatic carbocycles. The minimum absolute atomic E-state index is 0.676. The first-order valence-corrected chi connectivity index (χ1v) is 4.40. The number of hydrogen-bond acceptors (Lipinski definition) is 1. The van der Waals surface area contributed by atoms with E-state index in [1.807, 2.05) is 6.20 Å². The lowest BCUT2D eigenvalue weighted by Gasteiger charge is -2.15. The van der Waals surface area contributed by atoms with E-state index in [-0.39, 0.29) is 0 Å². The van der Waals surface area contributed by atoms with Crippen molar-refractivity contribution in [1.82, 2.24) is 10.2 Å². The first kappa shape index (κ1) is 7.59. The van der Waals surface area contributed by atoms with E-state index in [1.54, 1.807) is 0 Å². The summed E-state index contributed by atoms with van der Waals surface area (Å²) in [4.78, 5) is 0. The van der Waals surface area contributed by atoms with E-state index >= 15 is 0 Å². The van der Waals surface area contributed by atoms with Gasteiger partial charge in [0.2, 0.25) is 0 Å². The van der Waals surface area contributed by atoms with Crippen molar-refractivity contribution in [2.75, 3.05) is 0 Å². The molecular weight excluding hydrogens is 148 g/mol. The Bertz CT molecular complexity index is 411. The summed E-state index contributed by atoms with van der Waals surface area (Å²) in [5, 5.41) is 9.68. The molecule has 1 heterocycles. The molecule has 2 rings (SSSR count). The lowest BCUT2D eigenvalue weighted by molar-refractivity contribution is 0.747. The SMILES string of the molecule is CC1=c2cn[nH]c2=C(C)CC1C. The van der Waals surface area contributed by atoms with E-state index in [0.29, 0.717) is 5.92 Å². The Labute approximate surface area is 72.0 Å². The summed E-state index contributed by atoms with van der Waals surface area (Å²) in [7, 11) is 0. The topological polar surface area (TPSA) is 28.7 Å². The van der Waals surface area contributed by atoms with E-state index in [2.05, 4.69) is 31.0 Å². The van der Waals surface area contributed by atoms with Crippen LogP contribution in [0.4, 0.5) is 0 Å². The van der Waals surface area contributed by atoms with Crippen LogP contribution in [0.25, 0.3) is 11.1 Å². The van der Waals surface area contributed by atoms with Crippen LogP contribution in [0, 0.1) is 5.92 Å². The van der Waals surface area contributed by atoms with Crippen molar-refractivity contribution >= 4 is 11.1 Å². The molecule has 1 aromatic rings. The van der Waals surface area contributed by atoms with E-state index < -0.39 is 0 Å². The van der Waals surface area contributed by atoms with Crippen molar-refractivity contribution in [3.05, 3.63) is 16.8 Å². The molecule has 64 valence electrons. The minimum atomic E-state index is 0.676. The van der Waals surface area contributed by atoms with Gasteiger partial charge in [-0.2, -0.15) is 5.10 Å². The normalized spacial score (nSPS) is 22.8. The summed E-state index contributed by atoms with van der Waals surface area (Å²) < 4.78 is 0. The second-order valence-electron chi connectivity index (χ2n) is 3.73. The molecule has 0 aliphatic heterocycles. The monoisotopic (exact) mass is 162 g/mol. The molecular formula is C10H14N2. The van der Waals surface area contributed by atoms with Crippen molar-refractivity contribution in [3.63, 3.8) is 0 Å². The Balaban J connectivity index is 2.89. The van der Waals surface area contributed by atoms with Crippen LogP contribution in [-0.2, 0) is 0 Å². The highest BCUT2D eigenvalue weighted by molar-refractivity contribution is 5.55. The third kappa shape index (κ3) is 0.909. The van der Waals surface area contributed by atoms with Crippen molar-refractivity contribution in [1.29, 1.82) is 0 Å². The van der Waals surface area contributed by atoms with Gasteiger partial charge in [-0.3, -0.25) is 5.10 Å². The molecule has 1 aromatic heterocycles. The zero-order valence-corrected chi connectivity index (χ0v) is 7.81. The molecule has 1 N–H and O–H groups in total. The largest absolute Gasteiger partial charge is 0.278 e. The van der Waals surface area contributed by atoms with E-state index in [1.165, 1.54) is 28.1 Å². The van der Waals surface area contributed by atoms with Crippen LogP contribution < -0.4 is 10.6 Å². The summed E-state index contributed by atoms with van der Waals surface area (Å²) in [6.45, 7) is 6.65. The smallest absolute Gasteiger partial charge is 0.0639 e. The van der Waals surface area contributed by atoms with Gasteiger partial charge in [-0.15, -0.1) is 0 Å². The van der Waals surface area contributed by atoms with Crippen molar-refractivity contribution in [2.24, 2.45) is 5.92 Å².